The molecule has 1 amide bonds. The number of hydrogen-bond acceptors (Lipinski definition) is 2. The van der Waals surface area contributed by atoms with Gasteiger partial charge < -0.3 is 4.90 Å². The molecular weight excluding hydrogens is 200 g/mol. The van der Waals surface area contributed by atoms with Gasteiger partial charge in [0.1, 0.15) is 0 Å². The monoisotopic (exact) mass is 220 g/mol. The lowest BCUT2D eigenvalue weighted by molar-refractivity contribution is -0.128. The van der Waals surface area contributed by atoms with Crippen LogP contribution >= 0.6 is 0 Å². The van der Waals surface area contributed by atoms with Crippen molar-refractivity contribution in [3.63, 3.8) is 0 Å². The number of carbonyl (C=O) groups is 1. The van der Waals surface area contributed by atoms with Crippen molar-refractivity contribution < 1.29 is 4.79 Å². The van der Waals surface area contributed by atoms with Gasteiger partial charge in [-0.1, -0.05) is 6.92 Å². The van der Waals surface area contributed by atoms with Crippen molar-refractivity contribution in [1.82, 2.24) is 4.90 Å². The lowest BCUT2D eigenvalue weighted by Crippen LogP contribution is -2.40. The van der Waals surface area contributed by atoms with Crippen molar-refractivity contribution >= 4 is 11.6 Å². The van der Waals surface area contributed by atoms with Crippen LogP contribution in [-0.2, 0) is 4.79 Å². The van der Waals surface area contributed by atoms with Crippen molar-refractivity contribution in [2.45, 2.75) is 45.6 Å². The van der Waals surface area contributed by atoms with Crippen molar-refractivity contribution in [1.29, 1.82) is 0 Å². The molecule has 2 aliphatic heterocycles. The SMILES string of the molecule is CCC1=C(C(C)=NC)C2CCCCN2C1=O. The summed E-state index contributed by atoms with van der Waals surface area (Å²) in [5, 5.41) is 0. The maximum absolute atomic E-state index is 12.2. The Morgan fingerprint density at radius 2 is 2.25 bits per heavy atom. The third-order valence-electron chi connectivity index (χ3n) is 3.76. The van der Waals surface area contributed by atoms with E-state index >= 15 is 0 Å². The number of piperidine rings is 1. The maximum Gasteiger partial charge on any atom is 0.250 e. The van der Waals surface area contributed by atoms with Crippen LogP contribution in [0.25, 0.3) is 0 Å². The lowest BCUT2D eigenvalue weighted by atomic mass is 9.93. The Bertz CT molecular complexity index is 368. The molecule has 2 heterocycles. The highest BCUT2D eigenvalue weighted by Gasteiger charge is 2.39. The second kappa shape index (κ2) is 4.40. The number of carbonyl (C=O) groups excluding carboxylic acids is 1. The number of hydrogen-bond donors (Lipinski definition) is 0. The molecule has 0 saturated carbocycles. The molecule has 3 heteroatoms. The molecule has 1 saturated heterocycles. The van der Waals surface area contributed by atoms with Gasteiger partial charge in [0.15, 0.2) is 0 Å². The van der Waals surface area contributed by atoms with E-state index in [0.29, 0.717) is 6.04 Å². The van der Waals surface area contributed by atoms with Gasteiger partial charge in [0.2, 0.25) is 0 Å². The predicted molar refractivity (Wildman–Crippen MR) is 65.7 cm³/mol. The summed E-state index contributed by atoms with van der Waals surface area (Å²) in [7, 11) is 1.81. The van der Waals surface area contributed by atoms with Crippen molar-refractivity contribution in [2.24, 2.45) is 4.99 Å². The molecule has 1 unspecified atom stereocenters. The van der Waals surface area contributed by atoms with E-state index in [0.717, 1.165) is 37.1 Å². The number of rotatable bonds is 2. The fraction of sp³-hybridized carbons (Fsp3) is 0.692. The summed E-state index contributed by atoms with van der Waals surface area (Å²) in [4.78, 5) is 18.5. The standard InChI is InChI=1S/C13H20N2O/c1-4-10-12(9(2)14-3)11-7-5-6-8-15(11)13(10)16/h11H,4-8H2,1-3H3. The molecule has 0 bridgehead atoms. The highest BCUT2D eigenvalue weighted by atomic mass is 16.2. The molecule has 1 atom stereocenters. The van der Waals surface area contributed by atoms with Gasteiger partial charge in [-0.05, 0) is 32.6 Å². The van der Waals surface area contributed by atoms with Gasteiger partial charge in [0.05, 0.1) is 6.04 Å². The van der Waals surface area contributed by atoms with E-state index in [4.69, 9.17) is 0 Å². The first kappa shape index (κ1) is 11.4. The quantitative estimate of drug-likeness (QED) is 0.656. The highest BCUT2D eigenvalue weighted by molar-refractivity contribution is 6.11. The van der Waals surface area contributed by atoms with E-state index < -0.39 is 0 Å². The van der Waals surface area contributed by atoms with Crippen LogP contribution in [0.3, 0.4) is 0 Å². The minimum Gasteiger partial charge on any atom is -0.332 e. The molecule has 0 aromatic rings. The zero-order chi connectivity index (χ0) is 11.7. The molecule has 3 nitrogen and oxygen atoms in total. The normalized spacial score (nSPS) is 26.4. The Labute approximate surface area is 97.2 Å². The average Bonchev–Trinajstić information content (AvgIpc) is 2.62. The Balaban J connectivity index is 2.42. The van der Waals surface area contributed by atoms with Crippen LogP contribution in [0.1, 0.15) is 39.5 Å². The first-order valence-corrected chi connectivity index (χ1v) is 6.18. The van der Waals surface area contributed by atoms with Crippen molar-refractivity contribution in [3.05, 3.63) is 11.1 Å². The number of aliphatic imine (C=N–C) groups is 1. The summed E-state index contributed by atoms with van der Waals surface area (Å²) in [6.45, 7) is 5.01. The maximum atomic E-state index is 12.2. The lowest BCUT2D eigenvalue weighted by Gasteiger charge is -2.31. The molecule has 0 N–H and O–H groups in total. The third-order valence-corrected chi connectivity index (χ3v) is 3.76. The Hall–Kier alpha value is -1.12. The van der Waals surface area contributed by atoms with Gasteiger partial charge in [0.25, 0.3) is 5.91 Å². The summed E-state index contributed by atoms with van der Waals surface area (Å²) in [6.07, 6.45) is 4.31. The smallest absolute Gasteiger partial charge is 0.250 e. The van der Waals surface area contributed by atoms with E-state index in [2.05, 4.69) is 11.9 Å². The molecule has 0 spiro atoms. The van der Waals surface area contributed by atoms with Gasteiger partial charge >= 0.3 is 0 Å². The zero-order valence-electron chi connectivity index (χ0n) is 10.4. The van der Waals surface area contributed by atoms with E-state index in [-0.39, 0.29) is 5.91 Å². The van der Waals surface area contributed by atoms with Crippen LogP contribution in [0.5, 0.6) is 0 Å². The zero-order valence-corrected chi connectivity index (χ0v) is 10.4. The molecule has 0 radical (unpaired) electrons. The Morgan fingerprint density at radius 1 is 1.50 bits per heavy atom. The minimum atomic E-state index is 0.255. The summed E-state index contributed by atoms with van der Waals surface area (Å²) < 4.78 is 0. The van der Waals surface area contributed by atoms with Crippen LogP contribution in [0.15, 0.2) is 16.1 Å². The van der Waals surface area contributed by atoms with E-state index in [1.807, 2.05) is 18.9 Å². The fourth-order valence-electron chi connectivity index (χ4n) is 2.89. The van der Waals surface area contributed by atoms with E-state index in [9.17, 15) is 4.79 Å². The van der Waals surface area contributed by atoms with Crippen LogP contribution in [0.2, 0.25) is 0 Å². The highest BCUT2D eigenvalue weighted by Crippen LogP contribution is 2.34. The second-order valence-corrected chi connectivity index (χ2v) is 4.56. The van der Waals surface area contributed by atoms with Gasteiger partial charge in [-0.25, -0.2) is 0 Å². The van der Waals surface area contributed by atoms with Crippen LogP contribution in [0, 0.1) is 0 Å². The summed E-state index contributed by atoms with van der Waals surface area (Å²) >= 11 is 0. The molecule has 88 valence electrons. The molecule has 2 rings (SSSR count). The number of fused-ring (bicyclic) bond motifs is 1. The molecule has 0 aliphatic carbocycles. The van der Waals surface area contributed by atoms with Gasteiger partial charge in [-0.2, -0.15) is 0 Å². The molecule has 0 aromatic heterocycles. The van der Waals surface area contributed by atoms with Crippen LogP contribution in [0.4, 0.5) is 0 Å². The largest absolute Gasteiger partial charge is 0.332 e. The van der Waals surface area contributed by atoms with E-state index in [1.54, 1.807) is 0 Å². The van der Waals surface area contributed by atoms with Gasteiger partial charge in [0, 0.05) is 30.5 Å². The minimum absolute atomic E-state index is 0.255. The summed E-state index contributed by atoms with van der Waals surface area (Å²) in [5.41, 5.74) is 3.25. The first-order valence-electron chi connectivity index (χ1n) is 6.18. The molecule has 1 fully saturated rings. The number of nitrogens with zero attached hydrogens (tertiary/aromatic N) is 2. The molecular formula is C13H20N2O. The fourth-order valence-corrected chi connectivity index (χ4v) is 2.89. The Kier molecular flexibility index (Phi) is 3.13. The predicted octanol–water partition coefficient (Wildman–Crippen LogP) is 2.18. The topological polar surface area (TPSA) is 32.7 Å². The molecule has 16 heavy (non-hydrogen) atoms. The van der Waals surface area contributed by atoms with Gasteiger partial charge in [-0.3, -0.25) is 9.79 Å². The van der Waals surface area contributed by atoms with Crippen molar-refractivity contribution in [3.8, 4) is 0 Å². The molecule has 2 aliphatic rings. The van der Waals surface area contributed by atoms with E-state index in [1.165, 1.54) is 12.0 Å². The van der Waals surface area contributed by atoms with Crippen LogP contribution in [-0.4, -0.2) is 36.2 Å². The van der Waals surface area contributed by atoms with Gasteiger partial charge in [-0.15, -0.1) is 0 Å². The Morgan fingerprint density at radius 3 is 2.88 bits per heavy atom. The number of amides is 1. The molecule has 0 aromatic carbocycles. The first-order chi connectivity index (χ1) is 7.70. The summed E-state index contributed by atoms with van der Waals surface area (Å²) in [5.74, 6) is 0.255. The van der Waals surface area contributed by atoms with Crippen molar-refractivity contribution in [2.75, 3.05) is 13.6 Å². The third kappa shape index (κ3) is 1.58. The average molecular weight is 220 g/mol. The summed E-state index contributed by atoms with van der Waals surface area (Å²) in [6, 6.07) is 0.319. The second-order valence-electron chi connectivity index (χ2n) is 4.56. The van der Waals surface area contributed by atoms with Crippen LogP contribution < -0.4 is 0 Å².